The first-order chi connectivity index (χ1) is 21.2. The van der Waals surface area contributed by atoms with Crippen LogP contribution in [0.5, 0.6) is 0 Å². The van der Waals surface area contributed by atoms with E-state index in [1.165, 1.54) is 89.9 Å². The first kappa shape index (κ1) is 42.6. The third-order valence-electron chi connectivity index (χ3n) is 8.80. The lowest BCUT2D eigenvalue weighted by molar-refractivity contribution is -0.149. The zero-order chi connectivity index (χ0) is 32.9. The van der Waals surface area contributed by atoms with E-state index in [0.29, 0.717) is 6.42 Å². The fourth-order valence-corrected chi connectivity index (χ4v) is 5.76. The quantitative estimate of drug-likeness (QED) is 0.0455. The average Bonchev–Trinajstić information content (AvgIpc) is 2.99. The molecule has 0 aromatic carbocycles. The van der Waals surface area contributed by atoms with Gasteiger partial charge in [0.25, 0.3) is 0 Å². The third-order valence-corrected chi connectivity index (χ3v) is 8.80. The Balaban J connectivity index is 4.49. The van der Waals surface area contributed by atoms with Gasteiger partial charge in [-0.2, -0.15) is 0 Å². The summed E-state index contributed by atoms with van der Waals surface area (Å²) in [5.41, 5.74) is -0.330. The van der Waals surface area contributed by atoms with Crippen molar-refractivity contribution in [2.75, 3.05) is 32.7 Å². The molecule has 0 N–H and O–H groups in total. The van der Waals surface area contributed by atoms with E-state index in [1.807, 2.05) is 20.8 Å². The second-order valence-electron chi connectivity index (χ2n) is 14.0. The normalized spacial score (nSPS) is 12.7. The smallest absolute Gasteiger partial charge is 0.306 e. The Hall–Kier alpha value is -1.36. The monoisotopic (exact) mass is 621 g/mol. The van der Waals surface area contributed by atoms with Crippen molar-refractivity contribution in [3.63, 3.8) is 0 Å². The molecule has 0 aliphatic heterocycles. The third kappa shape index (κ3) is 24.9. The standard InChI is InChI=1S/C39H76N2O3/c1-8-12-14-16-18-22-26-30-36(44-37(42)32-28-24-19-17-15-13-9-2)31-27-23-20-21-25-29-33-41(38(43)39(5,6)7)35-34-40(10-3)11-4/h19,24,36H,8-18,20-23,25-35H2,1-7H3/b24-19-. The number of amides is 1. The number of allylic oxidation sites excluding steroid dienone is 2. The lowest BCUT2D eigenvalue weighted by Gasteiger charge is -2.31. The van der Waals surface area contributed by atoms with E-state index in [9.17, 15) is 9.59 Å². The fraction of sp³-hybridized carbons (Fsp3) is 0.897. The molecule has 0 radical (unpaired) electrons. The minimum atomic E-state index is -0.330. The van der Waals surface area contributed by atoms with Crippen molar-refractivity contribution < 1.29 is 14.3 Å². The minimum Gasteiger partial charge on any atom is -0.462 e. The Morgan fingerprint density at radius 2 is 1.11 bits per heavy atom. The Morgan fingerprint density at radius 3 is 1.66 bits per heavy atom. The molecule has 0 aromatic heterocycles. The van der Waals surface area contributed by atoms with Gasteiger partial charge in [-0.15, -0.1) is 0 Å². The minimum absolute atomic E-state index is 0.0218. The van der Waals surface area contributed by atoms with Gasteiger partial charge in [0.05, 0.1) is 0 Å². The maximum atomic E-state index is 13.0. The zero-order valence-corrected chi connectivity index (χ0v) is 30.7. The number of carbonyl (C=O) groups excluding carboxylic acids is 2. The summed E-state index contributed by atoms with van der Waals surface area (Å²) < 4.78 is 6.00. The van der Waals surface area contributed by atoms with Crippen LogP contribution in [0.15, 0.2) is 12.2 Å². The molecule has 0 saturated carbocycles. The molecular weight excluding hydrogens is 544 g/mol. The molecule has 0 bridgehead atoms. The molecular formula is C39H76N2O3. The van der Waals surface area contributed by atoms with Crippen LogP contribution in [-0.2, 0) is 14.3 Å². The molecule has 260 valence electrons. The van der Waals surface area contributed by atoms with Gasteiger partial charge < -0.3 is 14.5 Å². The van der Waals surface area contributed by atoms with Crippen molar-refractivity contribution in [2.45, 2.75) is 189 Å². The van der Waals surface area contributed by atoms with Crippen LogP contribution in [0.2, 0.25) is 0 Å². The van der Waals surface area contributed by atoms with Gasteiger partial charge in [0.15, 0.2) is 0 Å². The number of hydrogen-bond acceptors (Lipinski definition) is 4. The molecule has 0 heterocycles. The van der Waals surface area contributed by atoms with E-state index >= 15 is 0 Å². The van der Waals surface area contributed by atoms with E-state index in [-0.39, 0.29) is 23.4 Å². The summed E-state index contributed by atoms with van der Waals surface area (Å²) >= 11 is 0. The summed E-state index contributed by atoms with van der Waals surface area (Å²) in [4.78, 5) is 30.1. The highest BCUT2D eigenvalue weighted by Gasteiger charge is 2.27. The number of nitrogens with zero attached hydrogens (tertiary/aromatic N) is 2. The van der Waals surface area contributed by atoms with Crippen LogP contribution in [-0.4, -0.2) is 60.5 Å². The Bertz CT molecular complexity index is 696. The van der Waals surface area contributed by atoms with Gasteiger partial charge in [0, 0.05) is 31.5 Å². The van der Waals surface area contributed by atoms with E-state index in [1.54, 1.807) is 0 Å². The molecule has 0 spiro atoms. The van der Waals surface area contributed by atoms with Crippen molar-refractivity contribution in [1.82, 2.24) is 9.80 Å². The van der Waals surface area contributed by atoms with Crippen LogP contribution in [0.4, 0.5) is 0 Å². The van der Waals surface area contributed by atoms with Crippen LogP contribution in [0, 0.1) is 5.41 Å². The molecule has 1 amide bonds. The van der Waals surface area contributed by atoms with E-state index in [2.05, 4.69) is 49.6 Å². The number of ether oxygens (including phenoxy) is 1. The Kier molecular flexibility index (Phi) is 28.2. The highest BCUT2D eigenvalue weighted by Crippen LogP contribution is 2.20. The van der Waals surface area contributed by atoms with Gasteiger partial charge in [-0.25, -0.2) is 0 Å². The Morgan fingerprint density at radius 1 is 0.614 bits per heavy atom. The molecule has 1 atom stereocenters. The predicted octanol–water partition coefficient (Wildman–Crippen LogP) is 10.9. The lowest BCUT2D eigenvalue weighted by Crippen LogP contribution is -2.44. The summed E-state index contributed by atoms with van der Waals surface area (Å²) in [7, 11) is 0. The molecule has 5 heteroatoms. The fourth-order valence-electron chi connectivity index (χ4n) is 5.76. The van der Waals surface area contributed by atoms with Crippen LogP contribution in [0.1, 0.15) is 183 Å². The van der Waals surface area contributed by atoms with Crippen LogP contribution in [0.3, 0.4) is 0 Å². The van der Waals surface area contributed by atoms with Gasteiger partial charge in [-0.05, 0) is 64.5 Å². The highest BCUT2D eigenvalue weighted by molar-refractivity contribution is 5.81. The van der Waals surface area contributed by atoms with E-state index in [4.69, 9.17) is 4.74 Å². The van der Waals surface area contributed by atoms with Gasteiger partial charge in [-0.1, -0.05) is 138 Å². The topological polar surface area (TPSA) is 49.9 Å². The second kappa shape index (κ2) is 29.1. The summed E-state index contributed by atoms with van der Waals surface area (Å²) in [6.07, 6.45) is 28.7. The molecule has 0 rings (SSSR count). The van der Waals surface area contributed by atoms with Crippen molar-refractivity contribution in [1.29, 1.82) is 0 Å². The molecule has 0 fully saturated rings. The summed E-state index contributed by atoms with van der Waals surface area (Å²) in [5, 5.41) is 0. The number of esters is 1. The molecule has 0 aromatic rings. The highest BCUT2D eigenvalue weighted by atomic mass is 16.5. The summed E-state index contributed by atoms with van der Waals surface area (Å²) in [6.45, 7) is 19.7. The van der Waals surface area contributed by atoms with Gasteiger partial charge in [0.2, 0.25) is 5.91 Å². The van der Waals surface area contributed by atoms with Crippen molar-refractivity contribution in [3.8, 4) is 0 Å². The summed E-state index contributed by atoms with van der Waals surface area (Å²) in [5.74, 6) is 0.251. The SMILES string of the molecule is CCCCC/C=C\CCC(=O)OC(CCCCCCCCC)CCCCCCCCN(CCN(CC)CC)C(=O)C(C)(C)C. The number of carbonyl (C=O) groups is 2. The number of likely N-dealkylation sites (N-methyl/N-ethyl adjacent to an activating group) is 1. The van der Waals surface area contributed by atoms with Gasteiger partial charge in [-0.3, -0.25) is 9.59 Å². The molecule has 5 nitrogen and oxygen atoms in total. The number of hydrogen-bond donors (Lipinski definition) is 0. The summed E-state index contributed by atoms with van der Waals surface area (Å²) in [6, 6.07) is 0. The second-order valence-corrected chi connectivity index (χ2v) is 14.0. The molecule has 0 aliphatic carbocycles. The number of unbranched alkanes of at least 4 members (excludes halogenated alkanes) is 14. The van der Waals surface area contributed by atoms with Crippen LogP contribution < -0.4 is 0 Å². The van der Waals surface area contributed by atoms with E-state index < -0.39 is 0 Å². The molecule has 1 unspecified atom stereocenters. The molecule has 44 heavy (non-hydrogen) atoms. The largest absolute Gasteiger partial charge is 0.462 e. The van der Waals surface area contributed by atoms with Crippen molar-refractivity contribution in [3.05, 3.63) is 12.2 Å². The lowest BCUT2D eigenvalue weighted by atomic mass is 9.94. The number of rotatable bonds is 30. The molecule has 0 saturated heterocycles. The van der Waals surface area contributed by atoms with Gasteiger partial charge >= 0.3 is 5.97 Å². The zero-order valence-electron chi connectivity index (χ0n) is 30.7. The first-order valence-corrected chi connectivity index (χ1v) is 19.1. The van der Waals surface area contributed by atoms with Gasteiger partial charge in [0.1, 0.15) is 6.10 Å². The Labute approximate surface area is 275 Å². The van der Waals surface area contributed by atoms with Crippen molar-refractivity contribution >= 4 is 11.9 Å². The average molecular weight is 621 g/mol. The van der Waals surface area contributed by atoms with Crippen LogP contribution in [0.25, 0.3) is 0 Å². The van der Waals surface area contributed by atoms with Crippen molar-refractivity contribution in [2.24, 2.45) is 5.41 Å². The van der Waals surface area contributed by atoms with Crippen LogP contribution >= 0.6 is 0 Å². The first-order valence-electron chi connectivity index (χ1n) is 19.1. The predicted molar refractivity (Wildman–Crippen MR) is 191 cm³/mol. The maximum absolute atomic E-state index is 13.0. The molecule has 0 aliphatic rings. The maximum Gasteiger partial charge on any atom is 0.306 e. The van der Waals surface area contributed by atoms with E-state index in [0.717, 1.165) is 71.2 Å².